The van der Waals surface area contributed by atoms with Gasteiger partial charge in [-0.1, -0.05) is 11.2 Å². The summed E-state index contributed by atoms with van der Waals surface area (Å²) in [6.07, 6.45) is 4.40. The van der Waals surface area contributed by atoms with Gasteiger partial charge in [-0.25, -0.2) is 9.18 Å². The van der Waals surface area contributed by atoms with E-state index in [4.69, 9.17) is 4.42 Å². The van der Waals surface area contributed by atoms with Crippen LogP contribution in [0.2, 0.25) is 0 Å². The number of nitrogens with zero attached hydrogens (tertiary/aromatic N) is 1. The number of H-pyrrole nitrogens is 1. The van der Waals surface area contributed by atoms with Gasteiger partial charge in [-0.2, -0.15) is 0 Å². The lowest BCUT2D eigenvalue weighted by molar-refractivity contribution is 0.262. The van der Waals surface area contributed by atoms with Crippen molar-refractivity contribution in [1.29, 1.82) is 0 Å². The number of hydrogen-bond acceptors (Lipinski definition) is 4. The molecule has 2 heterocycles. The van der Waals surface area contributed by atoms with E-state index in [9.17, 15) is 14.4 Å². The molecule has 2 aromatic heterocycles. The molecule has 5 N–H and O–H groups in total. The minimum Gasteiger partial charge on any atom is -0.470 e. The number of furan rings is 1. The Labute approximate surface area is 177 Å². The van der Waals surface area contributed by atoms with Gasteiger partial charge in [-0.05, 0) is 52.3 Å². The molecule has 0 radical (unpaired) electrons. The van der Waals surface area contributed by atoms with E-state index >= 15 is 0 Å². The Morgan fingerprint density at radius 3 is 2.73 bits per heavy atom. The van der Waals surface area contributed by atoms with Crippen molar-refractivity contribution in [2.24, 2.45) is 5.16 Å². The van der Waals surface area contributed by atoms with E-state index in [1.54, 1.807) is 12.3 Å². The first-order valence-corrected chi connectivity index (χ1v) is 9.49. The maximum atomic E-state index is 13.4. The van der Waals surface area contributed by atoms with Crippen LogP contribution in [0.3, 0.4) is 0 Å². The Kier molecular flexibility index (Phi) is 5.40. The van der Waals surface area contributed by atoms with Gasteiger partial charge in [-0.15, -0.1) is 0 Å². The molecule has 152 valence electrons. The number of carbonyl (C=O) groups is 1. The largest absolute Gasteiger partial charge is 0.470 e. The first kappa shape index (κ1) is 19.5. The second-order valence-electron chi connectivity index (χ2n) is 6.23. The molecule has 0 bridgehead atoms. The molecule has 0 saturated carbocycles. The van der Waals surface area contributed by atoms with Gasteiger partial charge in [0.2, 0.25) is 0 Å². The van der Waals surface area contributed by atoms with Crippen molar-refractivity contribution in [3.05, 3.63) is 77.0 Å². The molecule has 2 aromatic carbocycles. The van der Waals surface area contributed by atoms with Crippen LogP contribution in [-0.4, -0.2) is 22.1 Å². The molecule has 0 spiro atoms. The zero-order valence-corrected chi connectivity index (χ0v) is 16.8. The number of amides is 2. The van der Waals surface area contributed by atoms with Crippen LogP contribution >= 0.6 is 15.9 Å². The molecule has 0 aliphatic heterocycles. The minimum absolute atomic E-state index is 0.00490. The third kappa shape index (κ3) is 3.98. The molecule has 0 atom stereocenters. The van der Waals surface area contributed by atoms with E-state index in [1.807, 2.05) is 18.2 Å². The van der Waals surface area contributed by atoms with Crippen molar-refractivity contribution in [2.45, 2.75) is 0 Å². The molecule has 0 unspecified atom stereocenters. The SMILES string of the molecule is O=C(Nc1cocc1/C(=N/O)Nc1ccc(F)c(Br)c1)Nc1cccc2[nH]ccc12. The molecule has 4 rings (SSSR count). The molecular formula is C20H15BrFN5O3. The van der Waals surface area contributed by atoms with Crippen LogP contribution in [-0.2, 0) is 0 Å². The van der Waals surface area contributed by atoms with Crippen LogP contribution in [0.4, 0.5) is 26.2 Å². The number of aromatic amines is 1. The van der Waals surface area contributed by atoms with E-state index in [2.05, 4.69) is 42.0 Å². The van der Waals surface area contributed by atoms with Crippen molar-refractivity contribution in [2.75, 3.05) is 16.0 Å². The highest BCUT2D eigenvalue weighted by atomic mass is 79.9. The zero-order chi connectivity index (χ0) is 21.1. The summed E-state index contributed by atoms with van der Waals surface area (Å²) < 4.78 is 18.8. The number of fused-ring (bicyclic) bond motifs is 1. The number of hydrogen-bond donors (Lipinski definition) is 5. The zero-order valence-electron chi connectivity index (χ0n) is 15.2. The first-order valence-electron chi connectivity index (χ1n) is 8.70. The van der Waals surface area contributed by atoms with Crippen molar-refractivity contribution in [1.82, 2.24) is 4.98 Å². The monoisotopic (exact) mass is 471 g/mol. The number of oxime groups is 1. The Bertz CT molecular complexity index is 1250. The Hall–Kier alpha value is -3.79. The van der Waals surface area contributed by atoms with Crippen LogP contribution in [0.5, 0.6) is 0 Å². The quantitative estimate of drug-likeness (QED) is 0.116. The number of aromatic nitrogens is 1. The summed E-state index contributed by atoms with van der Waals surface area (Å²) in [5.41, 5.74) is 2.55. The topological polar surface area (TPSA) is 115 Å². The van der Waals surface area contributed by atoms with Gasteiger partial charge in [0.25, 0.3) is 0 Å². The van der Waals surface area contributed by atoms with Crippen LogP contribution < -0.4 is 16.0 Å². The lowest BCUT2D eigenvalue weighted by atomic mass is 10.2. The highest BCUT2D eigenvalue weighted by molar-refractivity contribution is 9.10. The van der Waals surface area contributed by atoms with Gasteiger partial charge < -0.3 is 30.6 Å². The van der Waals surface area contributed by atoms with E-state index < -0.39 is 11.8 Å². The first-order chi connectivity index (χ1) is 14.5. The number of halogens is 2. The molecule has 10 heteroatoms. The van der Waals surface area contributed by atoms with Gasteiger partial charge in [-0.3, -0.25) is 0 Å². The maximum Gasteiger partial charge on any atom is 0.323 e. The smallest absolute Gasteiger partial charge is 0.323 e. The molecule has 0 aliphatic carbocycles. The number of amidine groups is 1. The van der Waals surface area contributed by atoms with Gasteiger partial charge in [0.15, 0.2) is 5.84 Å². The highest BCUT2D eigenvalue weighted by Gasteiger charge is 2.17. The second-order valence-corrected chi connectivity index (χ2v) is 7.08. The minimum atomic E-state index is -0.506. The third-order valence-corrected chi connectivity index (χ3v) is 4.90. The summed E-state index contributed by atoms with van der Waals surface area (Å²) in [4.78, 5) is 15.6. The molecule has 30 heavy (non-hydrogen) atoms. The maximum absolute atomic E-state index is 13.4. The fourth-order valence-electron chi connectivity index (χ4n) is 2.90. The summed E-state index contributed by atoms with van der Waals surface area (Å²) in [5, 5.41) is 21.8. The van der Waals surface area contributed by atoms with Gasteiger partial charge >= 0.3 is 6.03 Å². The van der Waals surface area contributed by atoms with E-state index in [-0.39, 0.29) is 16.0 Å². The molecule has 2 amide bonds. The van der Waals surface area contributed by atoms with Crippen LogP contribution in [0, 0.1) is 5.82 Å². The summed E-state index contributed by atoms with van der Waals surface area (Å²) in [6, 6.07) is 11.1. The lowest BCUT2D eigenvalue weighted by Gasteiger charge is -2.11. The van der Waals surface area contributed by atoms with Gasteiger partial charge in [0, 0.05) is 22.8 Å². The summed E-state index contributed by atoms with van der Waals surface area (Å²) in [6.45, 7) is 0. The second kappa shape index (κ2) is 8.29. The highest BCUT2D eigenvalue weighted by Crippen LogP contribution is 2.25. The van der Waals surface area contributed by atoms with Crippen molar-refractivity contribution < 1.29 is 18.8 Å². The Morgan fingerprint density at radius 2 is 1.93 bits per heavy atom. The molecule has 0 fully saturated rings. The van der Waals surface area contributed by atoms with Crippen molar-refractivity contribution in [3.8, 4) is 0 Å². The molecular weight excluding hydrogens is 457 g/mol. The average molecular weight is 472 g/mol. The fraction of sp³-hybridized carbons (Fsp3) is 0. The van der Waals surface area contributed by atoms with E-state index in [0.717, 1.165) is 10.9 Å². The number of urea groups is 1. The number of anilines is 3. The van der Waals surface area contributed by atoms with Crippen LogP contribution in [0.25, 0.3) is 10.9 Å². The summed E-state index contributed by atoms with van der Waals surface area (Å²) in [5.74, 6) is -0.423. The standard InChI is InChI=1S/C20H15BrFN5O3/c21-14-8-11(4-5-15(14)22)24-19(27-29)13-9-30-10-18(13)26-20(28)25-17-3-1-2-16-12(17)6-7-23-16/h1-10,23,29H,(H,24,27)(H2,25,26,28). The van der Waals surface area contributed by atoms with E-state index in [1.165, 1.54) is 30.7 Å². The van der Waals surface area contributed by atoms with Gasteiger partial charge in [0.1, 0.15) is 18.3 Å². The molecule has 0 saturated heterocycles. The number of nitrogens with one attached hydrogen (secondary N) is 4. The van der Waals surface area contributed by atoms with E-state index in [0.29, 0.717) is 16.9 Å². The summed E-state index contributed by atoms with van der Waals surface area (Å²) >= 11 is 3.10. The molecule has 8 nitrogen and oxygen atoms in total. The fourth-order valence-corrected chi connectivity index (χ4v) is 3.28. The number of rotatable bonds is 4. The van der Waals surface area contributed by atoms with Crippen molar-refractivity contribution in [3.63, 3.8) is 0 Å². The predicted octanol–water partition coefficient (Wildman–Crippen LogP) is 5.55. The van der Waals surface area contributed by atoms with Crippen LogP contribution in [0.15, 0.2) is 75.2 Å². The predicted molar refractivity (Wildman–Crippen MR) is 116 cm³/mol. The lowest BCUT2D eigenvalue weighted by Crippen LogP contribution is -2.22. The molecule has 0 aliphatic rings. The Balaban J connectivity index is 1.51. The number of benzene rings is 2. The number of carbonyl (C=O) groups excluding carboxylic acids is 1. The van der Waals surface area contributed by atoms with Gasteiger partial charge in [0.05, 0.1) is 21.4 Å². The molecule has 4 aromatic rings. The Morgan fingerprint density at radius 1 is 1.10 bits per heavy atom. The normalized spacial score (nSPS) is 11.5. The summed E-state index contributed by atoms with van der Waals surface area (Å²) in [7, 11) is 0. The van der Waals surface area contributed by atoms with Crippen LogP contribution in [0.1, 0.15) is 5.56 Å². The van der Waals surface area contributed by atoms with Crippen molar-refractivity contribution >= 4 is 55.8 Å². The average Bonchev–Trinajstić information content (AvgIpc) is 3.39. The third-order valence-electron chi connectivity index (χ3n) is 4.29.